The molecule has 1 aromatic rings. The average molecular weight is 475 g/mol. The van der Waals surface area contributed by atoms with Crippen LogP contribution in [0.2, 0.25) is 0 Å². The zero-order valence-electron chi connectivity index (χ0n) is 22.0. The highest BCUT2D eigenvalue weighted by Gasteiger charge is 2.47. The summed E-state index contributed by atoms with van der Waals surface area (Å²) in [6.45, 7) is 15.9. The predicted molar refractivity (Wildman–Crippen MR) is 130 cm³/mol. The summed E-state index contributed by atoms with van der Waals surface area (Å²) in [5.74, 6) is 0.528. The van der Waals surface area contributed by atoms with Gasteiger partial charge in [0.05, 0.1) is 0 Å². The summed E-state index contributed by atoms with van der Waals surface area (Å²) in [5.41, 5.74) is -1.35. The molecule has 8 nitrogen and oxygen atoms in total. The van der Waals surface area contributed by atoms with Crippen molar-refractivity contribution in [2.24, 2.45) is 0 Å². The molecule has 2 fully saturated rings. The number of carbonyl (C=O) groups is 1. The molecule has 0 aromatic heterocycles. The molecule has 1 aromatic carbocycles. The molecule has 8 heteroatoms. The molecule has 190 valence electrons. The zero-order valence-corrected chi connectivity index (χ0v) is 22.0. The summed E-state index contributed by atoms with van der Waals surface area (Å²) in [4.78, 5) is 12.8. The Hall–Kier alpha value is -1.71. The molecular formula is C26H42N4O4. The quantitative estimate of drug-likeness (QED) is 0.606. The Labute approximate surface area is 204 Å². The lowest BCUT2D eigenvalue weighted by Gasteiger charge is -2.50. The molecule has 0 aliphatic carbocycles. The van der Waals surface area contributed by atoms with Crippen LogP contribution >= 0.6 is 0 Å². The van der Waals surface area contributed by atoms with Gasteiger partial charge in [-0.05, 0) is 105 Å². The maximum atomic E-state index is 12.8. The predicted octanol–water partition coefficient (Wildman–Crippen LogP) is 4.08. The van der Waals surface area contributed by atoms with Crippen molar-refractivity contribution in [1.29, 1.82) is 0 Å². The topological polar surface area (TPSA) is 96.6 Å². The number of piperidine rings is 2. The van der Waals surface area contributed by atoms with Gasteiger partial charge in [-0.3, -0.25) is 10.1 Å². The minimum Gasteiger partial charge on any atom is -0.478 e. The first kappa shape index (κ1) is 26.9. The number of amides is 1. The lowest BCUT2D eigenvalue weighted by atomic mass is 9.79. The van der Waals surface area contributed by atoms with Crippen molar-refractivity contribution in [2.45, 2.75) is 115 Å². The summed E-state index contributed by atoms with van der Waals surface area (Å²) < 4.78 is 5.85. The van der Waals surface area contributed by atoms with Gasteiger partial charge < -0.3 is 10.1 Å². The molecular weight excluding hydrogens is 432 g/mol. The Bertz CT molecular complexity index is 830. The zero-order chi connectivity index (χ0) is 25.5. The van der Waals surface area contributed by atoms with Crippen molar-refractivity contribution in [1.82, 2.24) is 20.8 Å². The van der Waals surface area contributed by atoms with E-state index in [2.05, 4.69) is 10.6 Å². The first-order valence-electron chi connectivity index (χ1n) is 12.3. The molecule has 3 rings (SSSR count). The fraction of sp³-hybridized carbons (Fsp3) is 0.731. The molecule has 2 saturated heterocycles. The third kappa shape index (κ3) is 5.91. The number of carbonyl (C=O) groups excluding carboxylic acids is 1. The molecule has 2 aliphatic rings. The summed E-state index contributed by atoms with van der Waals surface area (Å²) in [5, 5.41) is 33.9. The fourth-order valence-electron chi connectivity index (χ4n) is 5.99. The van der Waals surface area contributed by atoms with Gasteiger partial charge in [0, 0.05) is 39.8 Å². The van der Waals surface area contributed by atoms with E-state index >= 15 is 0 Å². The monoisotopic (exact) mass is 474 g/mol. The Morgan fingerprint density at radius 1 is 0.794 bits per heavy atom. The summed E-state index contributed by atoms with van der Waals surface area (Å²) in [6.07, 6.45) is 2.72. The van der Waals surface area contributed by atoms with E-state index in [0.29, 0.717) is 30.9 Å². The maximum Gasteiger partial charge on any atom is 0.251 e. The number of nitrogens with one attached hydrogen (secondary N) is 2. The van der Waals surface area contributed by atoms with Gasteiger partial charge >= 0.3 is 0 Å². The summed E-state index contributed by atoms with van der Waals surface area (Å²) >= 11 is 0. The Kier molecular flexibility index (Phi) is 7.43. The molecule has 0 spiro atoms. The molecule has 0 unspecified atom stereocenters. The highest BCUT2D eigenvalue weighted by atomic mass is 16.5. The number of nitrogens with zero attached hydrogens (tertiary/aromatic N) is 2. The van der Waals surface area contributed by atoms with Gasteiger partial charge in [-0.25, -0.2) is 0 Å². The molecule has 2 N–H and O–H groups in total. The minimum atomic E-state index is -0.529. The number of benzene rings is 1. The van der Waals surface area contributed by atoms with E-state index in [-0.39, 0.29) is 18.0 Å². The van der Waals surface area contributed by atoms with Crippen LogP contribution < -0.4 is 15.4 Å². The van der Waals surface area contributed by atoms with Gasteiger partial charge in [0.25, 0.3) is 5.91 Å². The van der Waals surface area contributed by atoms with E-state index < -0.39 is 22.2 Å². The van der Waals surface area contributed by atoms with Gasteiger partial charge in [0.1, 0.15) is 12.5 Å². The number of hydroxylamine groups is 4. The normalized spacial score (nSPS) is 25.1. The van der Waals surface area contributed by atoms with E-state index in [1.54, 1.807) is 24.3 Å². The molecule has 0 atom stereocenters. The Balaban J connectivity index is 1.51. The number of hydrogen-bond acceptors (Lipinski definition) is 5. The van der Waals surface area contributed by atoms with Crippen LogP contribution in [-0.2, 0) is 10.4 Å². The van der Waals surface area contributed by atoms with Gasteiger partial charge in [0.15, 0.2) is 0 Å². The van der Waals surface area contributed by atoms with Crippen LogP contribution in [0.3, 0.4) is 0 Å². The third-order valence-electron chi connectivity index (χ3n) is 7.25. The second-order valence-corrected chi connectivity index (χ2v) is 12.5. The first-order chi connectivity index (χ1) is 15.5. The molecule has 1 amide bonds. The molecule has 2 aliphatic heterocycles. The third-order valence-corrected chi connectivity index (χ3v) is 7.25. The van der Waals surface area contributed by atoms with Gasteiger partial charge in [-0.2, -0.15) is 0 Å². The Morgan fingerprint density at radius 2 is 1.21 bits per heavy atom. The highest BCUT2D eigenvalue weighted by molar-refractivity contribution is 5.94. The Morgan fingerprint density at radius 3 is 1.65 bits per heavy atom. The number of hydrogen-bond donors (Lipinski definition) is 2. The van der Waals surface area contributed by atoms with Gasteiger partial charge in [-0.15, -0.1) is 20.5 Å². The van der Waals surface area contributed by atoms with Crippen molar-refractivity contribution >= 4 is 5.91 Å². The minimum absolute atomic E-state index is 0.0585. The van der Waals surface area contributed by atoms with Crippen molar-refractivity contribution in [3.05, 3.63) is 29.8 Å². The highest BCUT2D eigenvalue weighted by Crippen LogP contribution is 2.38. The van der Waals surface area contributed by atoms with Crippen LogP contribution in [-0.4, -0.2) is 57.0 Å². The largest absolute Gasteiger partial charge is 0.478 e. The maximum absolute atomic E-state index is 12.8. The average Bonchev–Trinajstić information content (AvgIpc) is 2.70. The summed E-state index contributed by atoms with van der Waals surface area (Å²) in [7, 11) is 0. The number of rotatable bonds is 6. The summed E-state index contributed by atoms with van der Waals surface area (Å²) in [6, 6.07) is 7.22. The molecule has 2 heterocycles. The molecule has 0 saturated carbocycles. The van der Waals surface area contributed by atoms with E-state index in [4.69, 9.17) is 4.74 Å². The van der Waals surface area contributed by atoms with Crippen molar-refractivity contribution in [3.8, 4) is 5.75 Å². The van der Waals surface area contributed by atoms with Crippen LogP contribution in [0.5, 0.6) is 5.75 Å². The lowest BCUT2D eigenvalue weighted by molar-refractivity contribution is -0.290. The van der Waals surface area contributed by atoms with Crippen molar-refractivity contribution in [3.63, 3.8) is 0 Å². The standard InChI is InChI=1S/C26H42N4O4/c1-23(2)13-19(14-24(3,4)29(23)32)27-17-34-21-11-9-18(10-12-21)22(31)28-20-15-25(5,6)30(33)26(7,8)16-20/h9-12,19-20,27H,13-17H2,1-8H3,(H,28,31). The van der Waals surface area contributed by atoms with Crippen molar-refractivity contribution in [2.75, 3.05) is 6.73 Å². The van der Waals surface area contributed by atoms with E-state index in [9.17, 15) is 15.2 Å². The van der Waals surface area contributed by atoms with E-state index in [1.807, 2.05) is 55.4 Å². The smallest absolute Gasteiger partial charge is 0.251 e. The first-order valence-corrected chi connectivity index (χ1v) is 12.3. The second-order valence-electron chi connectivity index (χ2n) is 12.5. The number of ether oxygens (including phenoxy) is 1. The van der Waals surface area contributed by atoms with Crippen LogP contribution in [0.1, 0.15) is 91.4 Å². The van der Waals surface area contributed by atoms with Crippen LogP contribution in [0.15, 0.2) is 24.3 Å². The fourth-order valence-corrected chi connectivity index (χ4v) is 5.99. The lowest BCUT2D eigenvalue weighted by Crippen LogP contribution is -2.62. The van der Waals surface area contributed by atoms with Crippen LogP contribution in [0.4, 0.5) is 0 Å². The van der Waals surface area contributed by atoms with Gasteiger partial charge in [-0.1, -0.05) is 0 Å². The van der Waals surface area contributed by atoms with E-state index in [1.165, 1.54) is 5.06 Å². The van der Waals surface area contributed by atoms with Crippen molar-refractivity contribution < 1.29 is 19.9 Å². The van der Waals surface area contributed by atoms with Gasteiger partial charge in [0.2, 0.25) is 0 Å². The molecule has 2 radical (unpaired) electrons. The van der Waals surface area contributed by atoms with Crippen LogP contribution in [0, 0.1) is 0 Å². The second kappa shape index (κ2) is 9.39. The molecule has 0 bridgehead atoms. The molecule has 34 heavy (non-hydrogen) atoms. The SMILES string of the molecule is CC1(C)CC(NCOc2ccc(C(=O)NC3CC(C)(C)N([O])C(C)(C)C3)cc2)CC(C)(C)N1[O]. The van der Waals surface area contributed by atoms with E-state index in [0.717, 1.165) is 17.9 Å². The van der Waals surface area contributed by atoms with Crippen LogP contribution in [0.25, 0.3) is 0 Å².